The standard InChI is InChI=1S/C25H34N2O3S/c1-18-8-14-23(15-9-18)31(29,30)27-16-6-7-21(17-27)24(28)26-19(2)20-10-12-22(13-11-20)25(3,4)5/h8-15,19,21H,6-7,16-17H2,1-5H3,(H,26,28)/t19-,21+/m1/s1. The van der Waals surface area contributed by atoms with Crippen molar-refractivity contribution >= 4 is 15.9 Å². The fraction of sp³-hybridized carbons (Fsp3) is 0.480. The molecule has 168 valence electrons. The first-order valence-electron chi connectivity index (χ1n) is 11.0. The van der Waals surface area contributed by atoms with Gasteiger partial charge in [-0.2, -0.15) is 4.31 Å². The summed E-state index contributed by atoms with van der Waals surface area (Å²) in [6.45, 7) is 11.1. The van der Waals surface area contributed by atoms with Crippen molar-refractivity contribution in [3.8, 4) is 0 Å². The molecule has 0 radical (unpaired) electrons. The number of sulfonamides is 1. The molecule has 2 aromatic carbocycles. The summed E-state index contributed by atoms with van der Waals surface area (Å²) < 4.78 is 27.5. The third-order valence-corrected chi connectivity index (χ3v) is 7.93. The molecule has 31 heavy (non-hydrogen) atoms. The number of carbonyl (C=O) groups excluding carboxylic acids is 1. The number of carbonyl (C=O) groups is 1. The van der Waals surface area contributed by atoms with Gasteiger partial charge < -0.3 is 5.32 Å². The molecule has 2 atom stereocenters. The molecule has 1 fully saturated rings. The molecule has 0 spiro atoms. The topological polar surface area (TPSA) is 66.5 Å². The zero-order valence-corrected chi connectivity index (χ0v) is 20.0. The highest BCUT2D eigenvalue weighted by molar-refractivity contribution is 7.89. The van der Waals surface area contributed by atoms with E-state index in [1.54, 1.807) is 24.3 Å². The molecule has 1 aliphatic heterocycles. The highest BCUT2D eigenvalue weighted by Crippen LogP contribution is 2.26. The average Bonchev–Trinajstić information content (AvgIpc) is 2.73. The number of nitrogens with zero attached hydrogens (tertiary/aromatic N) is 1. The van der Waals surface area contributed by atoms with Gasteiger partial charge in [0.15, 0.2) is 0 Å². The summed E-state index contributed by atoms with van der Waals surface area (Å²) in [4.78, 5) is 13.2. The summed E-state index contributed by atoms with van der Waals surface area (Å²) >= 11 is 0. The van der Waals surface area contributed by atoms with Gasteiger partial charge in [0.1, 0.15) is 0 Å². The Bertz CT molecular complexity index is 1010. The largest absolute Gasteiger partial charge is 0.349 e. The maximum Gasteiger partial charge on any atom is 0.243 e. The normalized spacial score (nSPS) is 19.1. The molecule has 0 saturated carbocycles. The average molecular weight is 443 g/mol. The molecule has 1 aliphatic rings. The molecule has 1 amide bonds. The molecule has 6 heteroatoms. The first-order valence-corrected chi connectivity index (χ1v) is 12.4. The van der Waals surface area contributed by atoms with Crippen LogP contribution in [0.4, 0.5) is 0 Å². The van der Waals surface area contributed by atoms with E-state index in [0.29, 0.717) is 19.4 Å². The third-order valence-electron chi connectivity index (χ3n) is 6.05. The Morgan fingerprint density at radius 2 is 1.68 bits per heavy atom. The Morgan fingerprint density at radius 3 is 2.26 bits per heavy atom. The van der Waals surface area contributed by atoms with E-state index < -0.39 is 10.0 Å². The van der Waals surface area contributed by atoms with E-state index in [2.05, 4.69) is 50.4 Å². The van der Waals surface area contributed by atoms with Gasteiger partial charge in [-0.05, 0) is 55.4 Å². The van der Waals surface area contributed by atoms with Crippen LogP contribution in [0.3, 0.4) is 0 Å². The summed E-state index contributed by atoms with van der Waals surface area (Å²) in [6, 6.07) is 15.1. The Kier molecular flexibility index (Phi) is 6.92. The molecular weight excluding hydrogens is 408 g/mol. The van der Waals surface area contributed by atoms with Crippen LogP contribution < -0.4 is 5.32 Å². The first kappa shape index (κ1) is 23.5. The highest BCUT2D eigenvalue weighted by Gasteiger charge is 2.33. The lowest BCUT2D eigenvalue weighted by molar-refractivity contribution is -0.126. The zero-order chi connectivity index (χ0) is 22.8. The van der Waals surface area contributed by atoms with Gasteiger partial charge in [0.25, 0.3) is 0 Å². The van der Waals surface area contributed by atoms with Crippen LogP contribution in [-0.2, 0) is 20.2 Å². The van der Waals surface area contributed by atoms with Gasteiger partial charge in [-0.3, -0.25) is 4.79 Å². The number of hydrogen-bond acceptors (Lipinski definition) is 3. The first-order chi connectivity index (χ1) is 14.5. The molecule has 1 saturated heterocycles. The van der Waals surface area contributed by atoms with Crippen molar-refractivity contribution in [2.45, 2.75) is 63.8 Å². The molecule has 0 aliphatic carbocycles. The van der Waals surface area contributed by atoms with E-state index in [-0.39, 0.29) is 34.7 Å². The van der Waals surface area contributed by atoms with Crippen molar-refractivity contribution in [2.24, 2.45) is 5.92 Å². The van der Waals surface area contributed by atoms with Gasteiger partial charge >= 0.3 is 0 Å². The van der Waals surface area contributed by atoms with Crippen molar-refractivity contribution in [3.05, 3.63) is 65.2 Å². The van der Waals surface area contributed by atoms with Crippen molar-refractivity contribution in [1.29, 1.82) is 0 Å². The van der Waals surface area contributed by atoms with Crippen LogP contribution >= 0.6 is 0 Å². The lowest BCUT2D eigenvalue weighted by Gasteiger charge is -2.32. The van der Waals surface area contributed by atoms with Gasteiger partial charge in [-0.15, -0.1) is 0 Å². The van der Waals surface area contributed by atoms with Crippen LogP contribution in [0.15, 0.2) is 53.4 Å². The highest BCUT2D eigenvalue weighted by atomic mass is 32.2. The Labute approximate surface area is 186 Å². The minimum Gasteiger partial charge on any atom is -0.349 e. The maximum absolute atomic E-state index is 13.0. The van der Waals surface area contributed by atoms with Crippen molar-refractivity contribution in [2.75, 3.05) is 13.1 Å². The van der Waals surface area contributed by atoms with E-state index in [1.807, 2.05) is 13.8 Å². The Hall–Kier alpha value is -2.18. The number of amides is 1. The van der Waals surface area contributed by atoms with E-state index >= 15 is 0 Å². The number of aryl methyl sites for hydroxylation is 1. The van der Waals surface area contributed by atoms with Crippen LogP contribution in [0, 0.1) is 12.8 Å². The fourth-order valence-electron chi connectivity index (χ4n) is 3.92. The van der Waals surface area contributed by atoms with E-state index in [1.165, 1.54) is 9.87 Å². The number of piperidine rings is 1. The van der Waals surface area contributed by atoms with Crippen LogP contribution in [0.1, 0.15) is 63.3 Å². The smallest absolute Gasteiger partial charge is 0.243 e. The molecule has 0 aromatic heterocycles. The molecule has 0 bridgehead atoms. The fourth-order valence-corrected chi connectivity index (χ4v) is 5.44. The summed E-state index contributed by atoms with van der Waals surface area (Å²) in [6.07, 6.45) is 1.37. The number of nitrogens with one attached hydrogen (secondary N) is 1. The third kappa shape index (κ3) is 5.55. The maximum atomic E-state index is 13.0. The summed E-state index contributed by atoms with van der Waals surface area (Å²) in [5, 5.41) is 3.08. The quantitative estimate of drug-likeness (QED) is 0.738. The molecule has 1 heterocycles. The van der Waals surface area contributed by atoms with E-state index in [9.17, 15) is 13.2 Å². The second kappa shape index (κ2) is 9.13. The zero-order valence-electron chi connectivity index (χ0n) is 19.2. The number of hydrogen-bond donors (Lipinski definition) is 1. The number of rotatable bonds is 5. The predicted octanol–water partition coefficient (Wildman–Crippen LogP) is 4.57. The van der Waals surface area contributed by atoms with Crippen molar-refractivity contribution in [1.82, 2.24) is 9.62 Å². The van der Waals surface area contributed by atoms with Crippen LogP contribution in [0.5, 0.6) is 0 Å². The molecule has 1 N–H and O–H groups in total. The van der Waals surface area contributed by atoms with Crippen LogP contribution in [0.2, 0.25) is 0 Å². The number of benzene rings is 2. The predicted molar refractivity (Wildman–Crippen MR) is 124 cm³/mol. The summed E-state index contributed by atoms with van der Waals surface area (Å²) in [7, 11) is -3.59. The van der Waals surface area contributed by atoms with Gasteiger partial charge in [-0.1, -0.05) is 62.7 Å². The van der Waals surface area contributed by atoms with Crippen molar-refractivity contribution in [3.63, 3.8) is 0 Å². The van der Waals surface area contributed by atoms with Crippen LogP contribution in [0.25, 0.3) is 0 Å². The minimum absolute atomic E-state index is 0.0829. The summed E-state index contributed by atoms with van der Waals surface area (Å²) in [5.74, 6) is -0.429. The Balaban J connectivity index is 1.66. The lowest BCUT2D eigenvalue weighted by Crippen LogP contribution is -2.45. The second-order valence-corrected chi connectivity index (χ2v) is 11.6. The van der Waals surface area contributed by atoms with Crippen molar-refractivity contribution < 1.29 is 13.2 Å². The molecule has 5 nitrogen and oxygen atoms in total. The monoisotopic (exact) mass is 442 g/mol. The molecule has 3 rings (SSSR count). The summed E-state index contributed by atoms with van der Waals surface area (Å²) in [5.41, 5.74) is 3.39. The van der Waals surface area contributed by atoms with Gasteiger partial charge in [-0.25, -0.2) is 8.42 Å². The van der Waals surface area contributed by atoms with E-state index in [0.717, 1.165) is 11.1 Å². The second-order valence-electron chi connectivity index (χ2n) is 9.62. The molecule has 0 unspecified atom stereocenters. The molecular formula is C25H34N2O3S. The lowest BCUT2D eigenvalue weighted by atomic mass is 9.86. The Morgan fingerprint density at radius 1 is 1.06 bits per heavy atom. The van der Waals surface area contributed by atoms with Gasteiger partial charge in [0.2, 0.25) is 15.9 Å². The molecule has 2 aromatic rings. The SMILES string of the molecule is Cc1ccc(S(=O)(=O)N2CCC[C@H](C(=O)N[C@H](C)c3ccc(C(C)(C)C)cc3)C2)cc1. The van der Waals surface area contributed by atoms with Gasteiger partial charge in [0.05, 0.1) is 16.9 Å². The van der Waals surface area contributed by atoms with E-state index in [4.69, 9.17) is 0 Å². The minimum atomic E-state index is -3.59. The van der Waals surface area contributed by atoms with Gasteiger partial charge in [0, 0.05) is 13.1 Å². The van der Waals surface area contributed by atoms with Crippen LogP contribution in [-0.4, -0.2) is 31.7 Å².